The van der Waals surface area contributed by atoms with Crippen LogP contribution in [0.25, 0.3) is 0 Å². The first kappa shape index (κ1) is 12.4. The molecule has 7 heteroatoms. The van der Waals surface area contributed by atoms with E-state index < -0.39 is 11.4 Å². The van der Waals surface area contributed by atoms with Crippen molar-refractivity contribution in [1.82, 2.24) is 15.2 Å². The summed E-state index contributed by atoms with van der Waals surface area (Å²) in [7, 11) is 0. The predicted molar refractivity (Wildman–Crippen MR) is 61.6 cm³/mol. The first-order chi connectivity index (χ1) is 8.62. The van der Waals surface area contributed by atoms with Crippen LogP contribution in [0.1, 0.15) is 32.1 Å². The number of nitrogens with one attached hydrogen (secondary N) is 1. The molecule has 1 saturated carbocycles. The predicted octanol–water partition coefficient (Wildman–Crippen LogP) is 0.845. The van der Waals surface area contributed by atoms with Gasteiger partial charge in [0.1, 0.15) is 0 Å². The minimum atomic E-state index is -0.924. The lowest BCUT2D eigenvalue weighted by Crippen LogP contribution is -2.33. The number of aromatic nitrogens is 3. The van der Waals surface area contributed by atoms with Gasteiger partial charge in [0.2, 0.25) is 11.9 Å². The maximum absolute atomic E-state index is 11.8. The van der Waals surface area contributed by atoms with E-state index in [4.69, 9.17) is 0 Å². The van der Waals surface area contributed by atoms with Crippen molar-refractivity contribution in [3.05, 3.63) is 12.4 Å². The molecule has 96 valence electrons. The Labute approximate surface area is 104 Å². The largest absolute Gasteiger partial charge is 0.481 e. The van der Waals surface area contributed by atoms with E-state index in [9.17, 15) is 14.7 Å². The van der Waals surface area contributed by atoms with E-state index >= 15 is 0 Å². The summed E-state index contributed by atoms with van der Waals surface area (Å²) in [5.74, 6) is -1.18. The van der Waals surface area contributed by atoms with E-state index in [-0.39, 0.29) is 18.3 Å². The third kappa shape index (κ3) is 2.61. The lowest BCUT2D eigenvalue weighted by molar-refractivity contribution is -0.150. The molecule has 0 aliphatic heterocycles. The van der Waals surface area contributed by atoms with Crippen molar-refractivity contribution >= 4 is 17.8 Å². The van der Waals surface area contributed by atoms with E-state index in [0.29, 0.717) is 12.8 Å². The van der Waals surface area contributed by atoms with Gasteiger partial charge in [-0.25, -0.2) is 4.98 Å². The molecular weight excluding hydrogens is 236 g/mol. The van der Waals surface area contributed by atoms with Gasteiger partial charge < -0.3 is 5.11 Å². The normalized spacial score (nSPS) is 17.3. The summed E-state index contributed by atoms with van der Waals surface area (Å²) >= 11 is 0. The number of carbonyl (C=O) groups excluding carboxylic acids is 1. The monoisotopic (exact) mass is 250 g/mol. The van der Waals surface area contributed by atoms with Crippen molar-refractivity contribution in [3.63, 3.8) is 0 Å². The Balaban J connectivity index is 2.00. The molecule has 18 heavy (non-hydrogen) atoms. The molecule has 0 unspecified atom stereocenters. The van der Waals surface area contributed by atoms with Crippen LogP contribution < -0.4 is 5.32 Å². The maximum atomic E-state index is 11.8. The summed E-state index contributed by atoms with van der Waals surface area (Å²) in [5.41, 5.74) is -0.924. The van der Waals surface area contributed by atoms with E-state index in [1.165, 1.54) is 12.4 Å². The fourth-order valence-corrected chi connectivity index (χ4v) is 2.30. The molecule has 1 amide bonds. The zero-order valence-electron chi connectivity index (χ0n) is 9.80. The van der Waals surface area contributed by atoms with Gasteiger partial charge in [0.25, 0.3) is 0 Å². The van der Waals surface area contributed by atoms with Crippen LogP contribution in [-0.2, 0) is 9.59 Å². The number of aliphatic carboxylic acids is 1. The molecule has 1 aliphatic carbocycles. The summed E-state index contributed by atoms with van der Waals surface area (Å²) in [5, 5.41) is 18.9. The van der Waals surface area contributed by atoms with Gasteiger partial charge in [-0.05, 0) is 12.8 Å². The van der Waals surface area contributed by atoms with Gasteiger partial charge in [0.05, 0.1) is 17.8 Å². The van der Waals surface area contributed by atoms with Crippen LogP contribution >= 0.6 is 0 Å². The zero-order chi connectivity index (χ0) is 13.0. The van der Waals surface area contributed by atoms with Crippen molar-refractivity contribution in [2.45, 2.75) is 32.1 Å². The fourth-order valence-electron chi connectivity index (χ4n) is 2.30. The Morgan fingerprint density at radius 3 is 2.61 bits per heavy atom. The van der Waals surface area contributed by atoms with Gasteiger partial charge in [-0.15, -0.1) is 5.10 Å². The molecule has 1 aliphatic rings. The van der Waals surface area contributed by atoms with Crippen molar-refractivity contribution in [2.75, 3.05) is 5.32 Å². The number of carbonyl (C=O) groups is 2. The second-order valence-electron chi connectivity index (χ2n) is 4.48. The topological polar surface area (TPSA) is 105 Å². The first-order valence-corrected chi connectivity index (χ1v) is 5.79. The van der Waals surface area contributed by atoms with Gasteiger partial charge in [0.15, 0.2) is 0 Å². The molecule has 7 nitrogen and oxygen atoms in total. The summed E-state index contributed by atoms with van der Waals surface area (Å²) in [4.78, 5) is 26.9. The maximum Gasteiger partial charge on any atom is 0.310 e. The van der Waals surface area contributed by atoms with Gasteiger partial charge in [-0.1, -0.05) is 12.8 Å². The van der Waals surface area contributed by atoms with E-state index in [2.05, 4.69) is 20.5 Å². The molecule has 0 saturated heterocycles. The van der Waals surface area contributed by atoms with Crippen LogP contribution in [0.3, 0.4) is 0 Å². The molecule has 1 fully saturated rings. The molecule has 0 radical (unpaired) electrons. The number of carboxylic acids is 1. The van der Waals surface area contributed by atoms with Gasteiger partial charge >= 0.3 is 5.97 Å². The summed E-state index contributed by atoms with van der Waals surface area (Å²) in [6.45, 7) is 0. The van der Waals surface area contributed by atoms with Gasteiger partial charge in [-0.2, -0.15) is 5.10 Å². The van der Waals surface area contributed by atoms with Crippen LogP contribution in [0, 0.1) is 5.41 Å². The highest BCUT2D eigenvalue weighted by molar-refractivity contribution is 5.93. The smallest absolute Gasteiger partial charge is 0.310 e. The molecule has 0 spiro atoms. The minimum absolute atomic E-state index is 0.0411. The number of hydrogen-bond donors (Lipinski definition) is 2. The third-order valence-corrected chi connectivity index (χ3v) is 3.25. The molecular formula is C11H14N4O3. The van der Waals surface area contributed by atoms with E-state index in [0.717, 1.165) is 12.8 Å². The SMILES string of the molecule is O=C(CC1(C(=O)O)CCCC1)Nc1nccnn1. The molecule has 0 bridgehead atoms. The number of hydrogen-bond acceptors (Lipinski definition) is 5. The van der Waals surface area contributed by atoms with E-state index in [1.54, 1.807) is 0 Å². The van der Waals surface area contributed by atoms with Crippen molar-refractivity contribution in [3.8, 4) is 0 Å². The molecule has 2 rings (SSSR count). The highest BCUT2D eigenvalue weighted by Crippen LogP contribution is 2.41. The van der Waals surface area contributed by atoms with Crippen LogP contribution in [0.2, 0.25) is 0 Å². The van der Waals surface area contributed by atoms with Crippen LogP contribution in [0.5, 0.6) is 0 Å². The van der Waals surface area contributed by atoms with Crippen LogP contribution in [-0.4, -0.2) is 32.2 Å². The zero-order valence-corrected chi connectivity index (χ0v) is 9.80. The van der Waals surface area contributed by atoms with Gasteiger partial charge in [0, 0.05) is 6.42 Å². The Hall–Kier alpha value is -2.05. The number of rotatable bonds is 4. The fraction of sp³-hybridized carbons (Fsp3) is 0.545. The first-order valence-electron chi connectivity index (χ1n) is 5.79. The average molecular weight is 250 g/mol. The standard InChI is InChI=1S/C11H14N4O3/c16-8(14-10-12-5-6-13-15-10)7-11(9(17)18)3-1-2-4-11/h5-6H,1-4,7H2,(H,17,18)(H,12,14,15,16). The average Bonchev–Trinajstić information content (AvgIpc) is 2.80. The highest BCUT2D eigenvalue weighted by Gasteiger charge is 2.43. The van der Waals surface area contributed by atoms with Crippen molar-refractivity contribution in [2.24, 2.45) is 5.41 Å². The van der Waals surface area contributed by atoms with Crippen molar-refractivity contribution < 1.29 is 14.7 Å². The lowest BCUT2D eigenvalue weighted by Gasteiger charge is -2.22. The summed E-state index contributed by atoms with van der Waals surface area (Å²) in [6, 6.07) is 0. The molecule has 1 aromatic rings. The van der Waals surface area contributed by atoms with Gasteiger partial charge in [-0.3, -0.25) is 14.9 Å². The molecule has 0 atom stereocenters. The number of amides is 1. The molecule has 2 N–H and O–H groups in total. The van der Waals surface area contributed by atoms with Crippen LogP contribution in [0.15, 0.2) is 12.4 Å². The number of anilines is 1. The Bertz CT molecular complexity index is 443. The Morgan fingerprint density at radius 2 is 2.06 bits per heavy atom. The minimum Gasteiger partial charge on any atom is -0.481 e. The quantitative estimate of drug-likeness (QED) is 0.820. The lowest BCUT2D eigenvalue weighted by atomic mass is 9.82. The van der Waals surface area contributed by atoms with Crippen molar-refractivity contribution in [1.29, 1.82) is 0 Å². The Kier molecular flexibility index (Phi) is 3.50. The summed E-state index contributed by atoms with van der Waals surface area (Å²) in [6.07, 6.45) is 5.55. The van der Waals surface area contributed by atoms with Crippen LogP contribution in [0.4, 0.5) is 5.95 Å². The highest BCUT2D eigenvalue weighted by atomic mass is 16.4. The second-order valence-corrected chi connectivity index (χ2v) is 4.48. The molecule has 1 aromatic heterocycles. The second kappa shape index (κ2) is 5.07. The molecule has 1 heterocycles. The third-order valence-electron chi connectivity index (χ3n) is 3.25. The Morgan fingerprint density at radius 1 is 1.33 bits per heavy atom. The molecule has 0 aromatic carbocycles. The number of carboxylic acid groups (broad SMARTS) is 1. The van der Waals surface area contributed by atoms with E-state index in [1.807, 2.05) is 0 Å². The number of nitrogens with zero attached hydrogens (tertiary/aromatic N) is 3. The summed E-state index contributed by atoms with van der Waals surface area (Å²) < 4.78 is 0.